The summed E-state index contributed by atoms with van der Waals surface area (Å²) in [5, 5.41) is 13.6. The van der Waals surface area contributed by atoms with Crippen LogP contribution in [0.5, 0.6) is 0 Å². The Bertz CT molecular complexity index is 511. The molecule has 1 aromatic rings. The highest BCUT2D eigenvalue weighted by Crippen LogP contribution is 2.20. The Balaban J connectivity index is 1.77. The minimum absolute atomic E-state index is 0.0852. The fourth-order valence-electron chi connectivity index (χ4n) is 2.72. The van der Waals surface area contributed by atoms with Crippen LogP contribution in [0.4, 0.5) is 5.69 Å². The average Bonchev–Trinajstić information content (AvgIpc) is 2.80. The van der Waals surface area contributed by atoms with Crippen molar-refractivity contribution in [2.24, 2.45) is 0 Å². The van der Waals surface area contributed by atoms with E-state index in [0.29, 0.717) is 13.2 Å². The molecule has 1 saturated carbocycles. The molecule has 1 aliphatic rings. The number of nitrogens with one attached hydrogen (secondary N) is 1. The van der Waals surface area contributed by atoms with Crippen LogP contribution in [-0.2, 0) is 4.74 Å². The summed E-state index contributed by atoms with van der Waals surface area (Å²) in [6.45, 7) is 0.804. The van der Waals surface area contributed by atoms with E-state index in [1.807, 2.05) is 0 Å². The van der Waals surface area contributed by atoms with Gasteiger partial charge in [0.05, 0.1) is 17.6 Å². The lowest BCUT2D eigenvalue weighted by molar-refractivity contribution is -0.385. The van der Waals surface area contributed by atoms with Gasteiger partial charge in [0.15, 0.2) is 0 Å². The third-order valence-corrected chi connectivity index (χ3v) is 3.89. The van der Waals surface area contributed by atoms with Gasteiger partial charge in [0.1, 0.15) is 5.56 Å². The van der Waals surface area contributed by atoms with Gasteiger partial charge in [-0.05, 0) is 18.9 Å². The summed E-state index contributed by atoms with van der Waals surface area (Å²) in [4.78, 5) is 22.4. The molecular weight excluding hydrogens is 284 g/mol. The minimum atomic E-state index is -0.545. The summed E-state index contributed by atoms with van der Waals surface area (Å²) in [7, 11) is 0. The predicted molar refractivity (Wildman–Crippen MR) is 82.9 cm³/mol. The lowest BCUT2D eigenvalue weighted by atomic mass is 10.1. The van der Waals surface area contributed by atoms with Crippen molar-refractivity contribution in [3.05, 3.63) is 39.9 Å². The second-order valence-corrected chi connectivity index (χ2v) is 5.51. The van der Waals surface area contributed by atoms with E-state index in [0.717, 1.165) is 12.8 Å². The molecule has 0 aliphatic heterocycles. The first-order chi connectivity index (χ1) is 10.7. The van der Waals surface area contributed by atoms with Gasteiger partial charge in [0.25, 0.3) is 11.6 Å². The van der Waals surface area contributed by atoms with Gasteiger partial charge in [-0.3, -0.25) is 14.9 Å². The molecule has 0 spiro atoms. The SMILES string of the molecule is O=C(NCCOC1CCCCCC1)c1ccccc1[N+](=O)[O-]. The molecule has 2 rings (SSSR count). The summed E-state index contributed by atoms with van der Waals surface area (Å²) in [6, 6.07) is 5.95. The smallest absolute Gasteiger partial charge is 0.282 e. The Hall–Kier alpha value is -1.95. The maximum Gasteiger partial charge on any atom is 0.282 e. The van der Waals surface area contributed by atoms with Crippen LogP contribution >= 0.6 is 0 Å². The third-order valence-electron chi connectivity index (χ3n) is 3.89. The summed E-state index contributed by atoms with van der Waals surface area (Å²) >= 11 is 0. The number of para-hydroxylation sites is 1. The molecule has 22 heavy (non-hydrogen) atoms. The topological polar surface area (TPSA) is 81.5 Å². The molecule has 0 radical (unpaired) electrons. The fraction of sp³-hybridized carbons (Fsp3) is 0.562. The Morgan fingerprint density at radius 1 is 1.23 bits per heavy atom. The first kappa shape index (κ1) is 16.4. The standard InChI is InChI=1S/C16H22N2O4/c19-16(14-9-5-6-10-15(14)18(20)21)17-11-12-22-13-7-3-1-2-4-8-13/h5-6,9-10,13H,1-4,7-8,11-12H2,(H,17,19). The monoisotopic (exact) mass is 306 g/mol. The lowest BCUT2D eigenvalue weighted by Gasteiger charge is -2.15. The van der Waals surface area contributed by atoms with Crippen LogP contribution in [0.15, 0.2) is 24.3 Å². The Morgan fingerprint density at radius 3 is 2.59 bits per heavy atom. The number of benzene rings is 1. The molecule has 6 nitrogen and oxygen atoms in total. The number of nitro benzene ring substituents is 1. The van der Waals surface area contributed by atoms with E-state index in [1.54, 1.807) is 12.1 Å². The van der Waals surface area contributed by atoms with Crippen molar-refractivity contribution in [2.75, 3.05) is 13.2 Å². The molecule has 6 heteroatoms. The lowest BCUT2D eigenvalue weighted by Crippen LogP contribution is -2.29. The van der Waals surface area contributed by atoms with E-state index < -0.39 is 10.8 Å². The van der Waals surface area contributed by atoms with E-state index in [-0.39, 0.29) is 17.4 Å². The molecule has 0 heterocycles. The van der Waals surface area contributed by atoms with Crippen molar-refractivity contribution in [1.29, 1.82) is 0 Å². The zero-order valence-electron chi connectivity index (χ0n) is 12.6. The van der Waals surface area contributed by atoms with E-state index in [1.165, 1.54) is 37.8 Å². The van der Waals surface area contributed by atoms with E-state index in [9.17, 15) is 14.9 Å². The molecular formula is C16H22N2O4. The fourth-order valence-corrected chi connectivity index (χ4v) is 2.72. The molecule has 1 aromatic carbocycles. The van der Waals surface area contributed by atoms with Gasteiger partial charge in [-0.1, -0.05) is 37.8 Å². The van der Waals surface area contributed by atoms with Crippen LogP contribution in [0.1, 0.15) is 48.9 Å². The summed E-state index contributed by atoms with van der Waals surface area (Å²) < 4.78 is 5.78. The molecule has 1 fully saturated rings. The highest BCUT2D eigenvalue weighted by atomic mass is 16.6. The van der Waals surface area contributed by atoms with Crippen molar-refractivity contribution in [3.63, 3.8) is 0 Å². The first-order valence-electron chi connectivity index (χ1n) is 7.81. The van der Waals surface area contributed by atoms with Crippen LogP contribution in [0.3, 0.4) is 0 Å². The minimum Gasteiger partial charge on any atom is -0.376 e. The van der Waals surface area contributed by atoms with Crippen LogP contribution in [0, 0.1) is 10.1 Å². The number of nitro groups is 1. The zero-order chi connectivity index (χ0) is 15.8. The Labute approximate surface area is 130 Å². The largest absolute Gasteiger partial charge is 0.376 e. The van der Waals surface area contributed by atoms with Crippen molar-refractivity contribution < 1.29 is 14.5 Å². The van der Waals surface area contributed by atoms with E-state index >= 15 is 0 Å². The van der Waals surface area contributed by atoms with Crippen LogP contribution in [0.25, 0.3) is 0 Å². The van der Waals surface area contributed by atoms with Gasteiger partial charge in [0, 0.05) is 12.6 Å². The second kappa shape index (κ2) is 8.48. The molecule has 0 atom stereocenters. The van der Waals surface area contributed by atoms with Crippen LogP contribution in [-0.4, -0.2) is 30.1 Å². The molecule has 0 unspecified atom stereocenters. The van der Waals surface area contributed by atoms with Crippen LogP contribution < -0.4 is 5.32 Å². The number of carbonyl (C=O) groups is 1. The van der Waals surface area contributed by atoms with Crippen molar-refractivity contribution in [3.8, 4) is 0 Å². The van der Waals surface area contributed by atoms with Crippen molar-refractivity contribution >= 4 is 11.6 Å². The first-order valence-corrected chi connectivity index (χ1v) is 7.81. The average molecular weight is 306 g/mol. The summed E-state index contributed by atoms with van der Waals surface area (Å²) in [5.41, 5.74) is -0.0911. The number of amides is 1. The molecule has 1 N–H and O–H groups in total. The van der Waals surface area contributed by atoms with Gasteiger partial charge in [-0.15, -0.1) is 0 Å². The highest BCUT2D eigenvalue weighted by Gasteiger charge is 2.19. The van der Waals surface area contributed by atoms with E-state index in [2.05, 4.69) is 5.32 Å². The quantitative estimate of drug-likeness (QED) is 0.379. The summed E-state index contributed by atoms with van der Waals surface area (Å²) in [6.07, 6.45) is 7.39. The predicted octanol–water partition coefficient (Wildman–Crippen LogP) is 3.06. The molecule has 1 amide bonds. The van der Waals surface area contributed by atoms with Gasteiger partial charge in [0.2, 0.25) is 0 Å². The van der Waals surface area contributed by atoms with Gasteiger partial charge < -0.3 is 10.1 Å². The third kappa shape index (κ3) is 4.80. The number of hydrogen-bond acceptors (Lipinski definition) is 4. The molecule has 1 aliphatic carbocycles. The van der Waals surface area contributed by atoms with Gasteiger partial charge >= 0.3 is 0 Å². The highest BCUT2D eigenvalue weighted by molar-refractivity contribution is 5.98. The van der Waals surface area contributed by atoms with Crippen molar-refractivity contribution in [1.82, 2.24) is 5.32 Å². The second-order valence-electron chi connectivity index (χ2n) is 5.51. The number of nitrogens with zero attached hydrogens (tertiary/aromatic N) is 1. The molecule has 0 aromatic heterocycles. The summed E-state index contributed by atoms with van der Waals surface area (Å²) in [5.74, 6) is -0.434. The van der Waals surface area contributed by atoms with Gasteiger partial charge in [-0.2, -0.15) is 0 Å². The maximum absolute atomic E-state index is 12.0. The van der Waals surface area contributed by atoms with Crippen molar-refractivity contribution in [2.45, 2.75) is 44.6 Å². The molecule has 0 bridgehead atoms. The molecule has 0 saturated heterocycles. The molecule has 120 valence electrons. The van der Waals surface area contributed by atoms with Crippen LogP contribution in [0.2, 0.25) is 0 Å². The van der Waals surface area contributed by atoms with Gasteiger partial charge in [-0.25, -0.2) is 0 Å². The normalized spacial score (nSPS) is 16.0. The zero-order valence-corrected chi connectivity index (χ0v) is 12.6. The maximum atomic E-state index is 12.0. The number of ether oxygens (including phenoxy) is 1. The number of carbonyl (C=O) groups excluding carboxylic acids is 1. The Kier molecular flexibility index (Phi) is 6.33. The van der Waals surface area contributed by atoms with E-state index in [4.69, 9.17) is 4.74 Å². The number of hydrogen-bond donors (Lipinski definition) is 1. The number of rotatable bonds is 6. The Morgan fingerprint density at radius 2 is 1.91 bits per heavy atom.